The lowest BCUT2D eigenvalue weighted by atomic mass is 10.00. The smallest absolute Gasteiger partial charge is 0.258 e. The van der Waals surface area contributed by atoms with Gasteiger partial charge in [-0.1, -0.05) is 48.5 Å². The second kappa shape index (κ2) is 6.18. The van der Waals surface area contributed by atoms with E-state index in [0.29, 0.717) is 5.57 Å². The maximum Gasteiger partial charge on any atom is 0.258 e. The first-order chi connectivity index (χ1) is 13.3. The van der Waals surface area contributed by atoms with Crippen molar-refractivity contribution in [2.24, 2.45) is 0 Å². The predicted molar refractivity (Wildman–Crippen MR) is 110 cm³/mol. The minimum atomic E-state index is -0.0923. The van der Waals surface area contributed by atoms with Crippen LogP contribution in [-0.4, -0.2) is 10.9 Å². The Kier molecular flexibility index (Phi) is 3.54. The lowest BCUT2D eigenvalue weighted by molar-refractivity contribution is -0.110. The van der Waals surface area contributed by atoms with Crippen molar-refractivity contribution in [2.45, 2.75) is 0 Å². The molecule has 5 rings (SSSR count). The van der Waals surface area contributed by atoms with E-state index in [1.807, 2.05) is 79.0 Å². The summed E-state index contributed by atoms with van der Waals surface area (Å²) in [5, 5.41) is 7.58. The quantitative estimate of drug-likeness (QED) is 0.450. The number of rotatable bonds is 3. The molecule has 1 amide bonds. The topological polar surface area (TPSA) is 56.9 Å². The molecule has 0 unspecified atom stereocenters. The number of H-pyrrole nitrogens is 1. The molecule has 0 radical (unpaired) electrons. The number of para-hydroxylation sites is 1. The minimum absolute atomic E-state index is 0.0923. The number of hydrogen-bond acceptors (Lipinski definition) is 2. The molecule has 1 aliphatic rings. The van der Waals surface area contributed by atoms with Gasteiger partial charge in [-0.25, -0.2) is 0 Å². The number of hydrogen-bond donors (Lipinski definition) is 3. The molecule has 4 aromatic rings. The zero-order valence-corrected chi connectivity index (χ0v) is 14.5. The highest BCUT2D eigenvalue weighted by Gasteiger charge is 2.28. The molecule has 1 aromatic heterocycles. The third kappa shape index (κ3) is 2.68. The summed E-state index contributed by atoms with van der Waals surface area (Å²) in [4.78, 5) is 16.0. The zero-order chi connectivity index (χ0) is 18.2. The molecule has 27 heavy (non-hydrogen) atoms. The van der Waals surface area contributed by atoms with E-state index >= 15 is 0 Å². The Hall–Kier alpha value is -3.79. The molecule has 3 N–H and O–H groups in total. The summed E-state index contributed by atoms with van der Waals surface area (Å²) in [5.74, 6) is -0.0923. The van der Waals surface area contributed by atoms with Gasteiger partial charge >= 0.3 is 0 Å². The average molecular weight is 351 g/mol. The molecule has 0 fully saturated rings. The van der Waals surface area contributed by atoms with Crippen molar-refractivity contribution in [3.8, 4) is 0 Å². The first kappa shape index (κ1) is 15.5. The molecule has 0 bridgehead atoms. The van der Waals surface area contributed by atoms with Crippen LogP contribution in [0, 0.1) is 0 Å². The Morgan fingerprint density at radius 1 is 0.852 bits per heavy atom. The molecule has 130 valence electrons. The highest BCUT2D eigenvalue weighted by atomic mass is 16.2. The van der Waals surface area contributed by atoms with Gasteiger partial charge in [-0.15, -0.1) is 0 Å². The van der Waals surface area contributed by atoms with Crippen LogP contribution in [0.4, 0.5) is 11.4 Å². The molecule has 1 aliphatic heterocycles. The van der Waals surface area contributed by atoms with E-state index < -0.39 is 0 Å². The largest absolute Gasteiger partial charge is 0.361 e. The van der Waals surface area contributed by atoms with Crippen LogP contribution in [0.2, 0.25) is 0 Å². The van der Waals surface area contributed by atoms with Gasteiger partial charge in [0.25, 0.3) is 5.91 Å². The Balaban J connectivity index is 1.69. The van der Waals surface area contributed by atoms with Crippen LogP contribution < -0.4 is 10.6 Å². The van der Waals surface area contributed by atoms with Crippen molar-refractivity contribution in [2.75, 3.05) is 10.6 Å². The molecule has 0 atom stereocenters. The number of carbonyl (C=O) groups is 1. The fourth-order valence-electron chi connectivity index (χ4n) is 3.52. The van der Waals surface area contributed by atoms with Crippen LogP contribution in [0.15, 0.2) is 85.1 Å². The van der Waals surface area contributed by atoms with Crippen LogP contribution in [0.3, 0.4) is 0 Å². The Labute approximate surface area is 156 Å². The second-order valence-electron chi connectivity index (χ2n) is 6.52. The number of carbonyl (C=O) groups excluding carboxylic acids is 1. The normalized spacial score (nSPS) is 14.7. The van der Waals surface area contributed by atoms with Crippen LogP contribution in [-0.2, 0) is 4.79 Å². The number of aromatic amines is 1. The minimum Gasteiger partial charge on any atom is -0.361 e. The number of amides is 1. The maximum atomic E-state index is 12.8. The van der Waals surface area contributed by atoms with E-state index in [1.54, 1.807) is 0 Å². The number of benzene rings is 3. The summed E-state index contributed by atoms with van der Waals surface area (Å²) in [5.41, 5.74) is 6.20. The van der Waals surface area contributed by atoms with Crippen molar-refractivity contribution in [3.05, 3.63) is 96.2 Å². The third-order valence-corrected chi connectivity index (χ3v) is 4.81. The van der Waals surface area contributed by atoms with Crippen molar-refractivity contribution in [3.63, 3.8) is 0 Å². The molecular weight excluding hydrogens is 334 g/mol. The molecule has 4 heteroatoms. The van der Waals surface area contributed by atoms with Crippen molar-refractivity contribution in [1.82, 2.24) is 4.98 Å². The van der Waals surface area contributed by atoms with Gasteiger partial charge in [-0.3, -0.25) is 4.79 Å². The molecule has 0 saturated carbocycles. The standard InChI is InChI=1S/C23H17N3O/c27-23-21(18-8-4-5-9-20(18)26-23)22(15-6-2-1-3-7-15)25-17-10-11-19-16(14-17)12-13-24-19/h1-14,24-25H,(H,26,27)/b22-21-. The molecule has 0 aliphatic carbocycles. The van der Waals surface area contributed by atoms with Crippen molar-refractivity contribution >= 4 is 39.5 Å². The van der Waals surface area contributed by atoms with Crippen LogP contribution in [0.1, 0.15) is 11.1 Å². The summed E-state index contributed by atoms with van der Waals surface area (Å²) in [6.45, 7) is 0. The van der Waals surface area contributed by atoms with E-state index in [9.17, 15) is 4.79 Å². The molecule has 2 heterocycles. The van der Waals surface area contributed by atoms with Gasteiger partial charge < -0.3 is 15.6 Å². The van der Waals surface area contributed by atoms with E-state index in [4.69, 9.17) is 0 Å². The highest BCUT2D eigenvalue weighted by molar-refractivity contribution is 6.37. The van der Waals surface area contributed by atoms with E-state index in [-0.39, 0.29) is 5.91 Å². The first-order valence-electron chi connectivity index (χ1n) is 8.84. The van der Waals surface area contributed by atoms with Gasteiger partial charge in [0.15, 0.2) is 0 Å². The number of fused-ring (bicyclic) bond motifs is 2. The van der Waals surface area contributed by atoms with E-state index in [1.165, 1.54) is 0 Å². The van der Waals surface area contributed by atoms with Crippen LogP contribution in [0.5, 0.6) is 0 Å². The average Bonchev–Trinajstić information content (AvgIpc) is 3.30. The second-order valence-corrected chi connectivity index (χ2v) is 6.52. The van der Waals surface area contributed by atoms with Gasteiger partial charge in [0.2, 0.25) is 0 Å². The van der Waals surface area contributed by atoms with Gasteiger partial charge in [-0.2, -0.15) is 0 Å². The maximum absolute atomic E-state index is 12.8. The summed E-state index contributed by atoms with van der Waals surface area (Å²) in [7, 11) is 0. The molecular formula is C23H17N3O. The number of anilines is 2. The Morgan fingerprint density at radius 3 is 2.56 bits per heavy atom. The Bertz CT molecular complexity index is 1190. The lowest BCUT2D eigenvalue weighted by Crippen LogP contribution is -2.10. The van der Waals surface area contributed by atoms with Crippen LogP contribution in [0.25, 0.3) is 22.2 Å². The molecule has 0 spiro atoms. The van der Waals surface area contributed by atoms with Gasteiger partial charge in [0, 0.05) is 34.0 Å². The number of aromatic nitrogens is 1. The SMILES string of the molecule is O=C1Nc2ccccc2/C1=C(/Nc1ccc2[nH]ccc2c1)c1ccccc1. The van der Waals surface area contributed by atoms with Gasteiger partial charge in [0.05, 0.1) is 11.3 Å². The fourth-order valence-corrected chi connectivity index (χ4v) is 3.52. The van der Waals surface area contributed by atoms with E-state index in [2.05, 4.69) is 21.7 Å². The van der Waals surface area contributed by atoms with E-state index in [0.717, 1.165) is 39.1 Å². The summed E-state index contributed by atoms with van der Waals surface area (Å²) in [6, 6.07) is 25.9. The fraction of sp³-hybridized carbons (Fsp3) is 0. The summed E-state index contributed by atoms with van der Waals surface area (Å²) >= 11 is 0. The van der Waals surface area contributed by atoms with Gasteiger partial charge in [0.1, 0.15) is 0 Å². The van der Waals surface area contributed by atoms with Crippen molar-refractivity contribution < 1.29 is 4.79 Å². The molecule has 0 saturated heterocycles. The predicted octanol–water partition coefficient (Wildman–Crippen LogP) is 5.10. The first-order valence-corrected chi connectivity index (χ1v) is 8.84. The van der Waals surface area contributed by atoms with Crippen molar-refractivity contribution in [1.29, 1.82) is 0 Å². The Morgan fingerprint density at radius 2 is 1.67 bits per heavy atom. The lowest BCUT2D eigenvalue weighted by Gasteiger charge is -2.15. The third-order valence-electron chi connectivity index (χ3n) is 4.81. The zero-order valence-electron chi connectivity index (χ0n) is 14.5. The monoisotopic (exact) mass is 351 g/mol. The molecule has 3 aromatic carbocycles. The summed E-state index contributed by atoms with van der Waals surface area (Å²) < 4.78 is 0. The van der Waals surface area contributed by atoms with Gasteiger partial charge in [-0.05, 0) is 35.9 Å². The number of nitrogens with one attached hydrogen (secondary N) is 3. The highest BCUT2D eigenvalue weighted by Crippen LogP contribution is 2.37. The molecule has 4 nitrogen and oxygen atoms in total. The summed E-state index contributed by atoms with van der Waals surface area (Å²) in [6.07, 6.45) is 1.92. The van der Waals surface area contributed by atoms with Crippen LogP contribution >= 0.6 is 0 Å².